The van der Waals surface area contributed by atoms with Crippen LogP contribution >= 0.6 is 0 Å². The quantitative estimate of drug-likeness (QED) is 0.683. The summed E-state index contributed by atoms with van der Waals surface area (Å²) in [5.41, 5.74) is 1.17. The molecule has 108 valence electrons. The van der Waals surface area contributed by atoms with Crippen LogP contribution in [0, 0.1) is 0 Å². The molecule has 1 aliphatic heterocycles. The average molecular weight is 277 g/mol. The van der Waals surface area contributed by atoms with E-state index >= 15 is 0 Å². The fourth-order valence-corrected chi connectivity index (χ4v) is 2.05. The summed E-state index contributed by atoms with van der Waals surface area (Å²) < 4.78 is 5.71. The molecular formula is C14H19N3O3. The Bertz CT molecular complexity index is 465. The van der Waals surface area contributed by atoms with E-state index in [9.17, 15) is 9.59 Å². The molecule has 1 aromatic carbocycles. The summed E-state index contributed by atoms with van der Waals surface area (Å²) in [7, 11) is 0. The molecule has 0 saturated heterocycles. The van der Waals surface area contributed by atoms with Gasteiger partial charge in [-0.15, -0.1) is 0 Å². The molecule has 0 spiro atoms. The van der Waals surface area contributed by atoms with Gasteiger partial charge in [0, 0.05) is 26.4 Å². The van der Waals surface area contributed by atoms with Crippen LogP contribution in [0.4, 0.5) is 4.79 Å². The fraction of sp³-hybridized carbons (Fsp3) is 0.429. The molecule has 3 N–H and O–H groups in total. The van der Waals surface area contributed by atoms with Crippen molar-refractivity contribution in [1.82, 2.24) is 16.0 Å². The van der Waals surface area contributed by atoms with Gasteiger partial charge in [-0.05, 0) is 11.6 Å². The highest BCUT2D eigenvalue weighted by atomic mass is 16.5. The maximum Gasteiger partial charge on any atom is 0.314 e. The van der Waals surface area contributed by atoms with Crippen molar-refractivity contribution >= 4 is 11.9 Å². The first kappa shape index (κ1) is 14.2. The third-order valence-electron chi connectivity index (χ3n) is 2.99. The minimum Gasteiger partial charge on any atom is -0.488 e. The van der Waals surface area contributed by atoms with E-state index < -0.39 is 0 Å². The first-order valence-electron chi connectivity index (χ1n) is 6.66. The second-order valence-corrected chi connectivity index (χ2v) is 4.67. The molecule has 2 rings (SSSR count). The molecule has 0 saturated carbocycles. The van der Waals surface area contributed by atoms with Crippen molar-refractivity contribution in [1.29, 1.82) is 0 Å². The molecule has 1 aliphatic rings. The predicted octanol–water partition coefficient (Wildman–Crippen LogP) is 0.425. The maximum atomic E-state index is 11.5. The largest absolute Gasteiger partial charge is 0.488 e. The SMILES string of the molecule is CC(=O)NCCNC(=O)NC[C@H]1Cc2ccccc2O1. The predicted molar refractivity (Wildman–Crippen MR) is 74.6 cm³/mol. The first-order valence-corrected chi connectivity index (χ1v) is 6.66. The van der Waals surface area contributed by atoms with Crippen LogP contribution in [-0.2, 0) is 11.2 Å². The van der Waals surface area contributed by atoms with Gasteiger partial charge in [-0.2, -0.15) is 0 Å². The van der Waals surface area contributed by atoms with Crippen LogP contribution in [0.1, 0.15) is 12.5 Å². The second kappa shape index (κ2) is 6.79. The number of benzene rings is 1. The van der Waals surface area contributed by atoms with E-state index in [0.717, 1.165) is 12.2 Å². The van der Waals surface area contributed by atoms with Crippen molar-refractivity contribution < 1.29 is 14.3 Å². The molecule has 3 amide bonds. The van der Waals surface area contributed by atoms with Crippen LogP contribution in [0.5, 0.6) is 5.75 Å². The smallest absolute Gasteiger partial charge is 0.314 e. The highest BCUT2D eigenvalue weighted by Crippen LogP contribution is 2.27. The highest BCUT2D eigenvalue weighted by Gasteiger charge is 2.22. The van der Waals surface area contributed by atoms with Crippen LogP contribution in [0.25, 0.3) is 0 Å². The number of nitrogens with one attached hydrogen (secondary N) is 3. The Hall–Kier alpha value is -2.24. The Labute approximate surface area is 117 Å². The van der Waals surface area contributed by atoms with Gasteiger partial charge in [0.05, 0.1) is 6.54 Å². The van der Waals surface area contributed by atoms with E-state index in [-0.39, 0.29) is 18.0 Å². The third-order valence-corrected chi connectivity index (χ3v) is 2.99. The summed E-state index contributed by atoms with van der Waals surface area (Å²) in [5, 5.41) is 8.03. The highest BCUT2D eigenvalue weighted by molar-refractivity contribution is 5.74. The van der Waals surface area contributed by atoms with Gasteiger partial charge in [-0.1, -0.05) is 18.2 Å². The minimum absolute atomic E-state index is 0.0199. The van der Waals surface area contributed by atoms with Crippen LogP contribution < -0.4 is 20.7 Å². The van der Waals surface area contributed by atoms with Crippen molar-refractivity contribution in [2.24, 2.45) is 0 Å². The minimum atomic E-state index is -0.255. The van der Waals surface area contributed by atoms with E-state index in [1.807, 2.05) is 24.3 Å². The molecule has 1 heterocycles. The summed E-state index contributed by atoms with van der Waals surface area (Å²) in [6, 6.07) is 7.62. The monoisotopic (exact) mass is 277 g/mol. The number of urea groups is 1. The molecule has 20 heavy (non-hydrogen) atoms. The number of fused-ring (bicyclic) bond motifs is 1. The van der Waals surface area contributed by atoms with Crippen LogP contribution in [0.3, 0.4) is 0 Å². The summed E-state index contributed by atoms with van der Waals surface area (Å²) in [6.07, 6.45) is 0.788. The summed E-state index contributed by atoms with van der Waals surface area (Å²) in [6.45, 7) is 2.72. The Balaban J connectivity index is 1.62. The van der Waals surface area contributed by atoms with Crippen molar-refractivity contribution in [3.63, 3.8) is 0 Å². The van der Waals surface area contributed by atoms with Crippen LogP contribution in [0.2, 0.25) is 0 Å². The number of carbonyl (C=O) groups is 2. The molecule has 0 bridgehead atoms. The Kier molecular flexibility index (Phi) is 4.81. The lowest BCUT2D eigenvalue weighted by molar-refractivity contribution is -0.118. The lowest BCUT2D eigenvalue weighted by Gasteiger charge is -2.12. The molecule has 0 unspecified atom stereocenters. The van der Waals surface area contributed by atoms with Gasteiger partial charge >= 0.3 is 6.03 Å². The van der Waals surface area contributed by atoms with Gasteiger partial charge in [0.2, 0.25) is 5.91 Å². The zero-order valence-electron chi connectivity index (χ0n) is 11.4. The number of hydrogen-bond donors (Lipinski definition) is 3. The van der Waals surface area contributed by atoms with E-state index in [4.69, 9.17) is 4.74 Å². The normalized spacial score (nSPS) is 15.9. The number of rotatable bonds is 5. The summed E-state index contributed by atoms with van der Waals surface area (Å²) in [5.74, 6) is 0.787. The van der Waals surface area contributed by atoms with Gasteiger partial charge in [0.15, 0.2) is 0 Å². The average Bonchev–Trinajstić information content (AvgIpc) is 2.84. The number of carbonyl (C=O) groups excluding carboxylic acids is 2. The first-order chi connectivity index (χ1) is 9.65. The number of ether oxygens (including phenoxy) is 1. The number of hydrogen-bond acceptors (Lipinski definition) is 3. The standard InChI is InChI=1S/C14H19N3O3/c1-10(18)15-6-7-16-14(19)17-9-12-8-11-4-2-3-5-13(11)20-12/h2-5,12H,6-9H2,1H3,(H,15,18)(H2,16,17,19)/t12-/m1/s1. The maximum absolute atomic E-state index is 11.5. The Morgan fingerprint density at radius 1 is 1.20 bits per heavy atom. The Morgan fingerprint density at radius 3 is 2.70 bits per heavy atom. The molecule has 1 aromatic rings. The summed E-state index contributed by atoms with van der Waals surface area (Å²) >= 11 is 0. The zero-order valence-corrected chi connectivity index (χ0v) is 11.4. The molecule has 0 fully saturated rings. The van der Waals surface area contributed by atoms with Crippen molar-refractivity contribution in [2.45, 2.75) is 19.4 Å². The zero-order chi connectivity index (χ0) is 14.4. The van der Waals surface area contributed by atoms with Crippen molar-refractivity contribution in [3.05, 3.63) is 29.8 Å². The van der Waals surface area contributed by atoms with E-state index in [0.29, 0.717) is 19.6 Å². The molecule has 0 radical (unpaired) electrons. The molecular weight excluding hydrogens is 258 g/mol. The van der Waals surface area contributed by atoms with Gasteiger partial charge in [-0.25, -0.2) is 4.79 Å². The topological polar surface area (TPSA) is 79.5 Å². The summed E-state index contributed by atoms with van der Waals surface area (Å²) in [4.78, 5) is 22.2. The van der Waals surface area contributed by atoms with E-state index in [1.165, 1.54) is 12.5 Å². The van der Waals surface area contributed by atoms with Gasteiger partial charge < -0.3 is 20.7 Å². The molecule has 6 nitrogen and oxygen atoms in total. The number of para-hydroxylation sites is 1. The van der Waals surface area contributed by atoms with E-state index in [1.54, 1.807) is 0 Å². The fourth-order valence-electron chi connectivity index (χ4n) is 2.05. The van der Waals surface area contributed by atoms with Crippen molar-refractivity contribution in [3.8, 4) is 5.75 Å². The van der Waals surface area contributed by atoms with E-state index in [2.05, 4.69) is 16.0 Å². The second-order valence-electron chi connectivity index (χ2n) is 4.67. The molecule has 0 aromatic heterocycles. The van der Waals surface area contributed by atoms with Gasteiger partial charge in [0.25, 0.3) is 0 Å². The lowest BCUT2D eigenvalue weighted by Crippen LogP contribution is -2.43. The van der Waals surface area contributed by atoms with Gasteiger partial charge in [0.1, 0.15) is 11.9 Å². The Morgan fingerprint density at radius 2 is 1.95 bits per heavy atom. The molecule has 6 heteroatoms. The molecule has 1 atom stereocenters. The molecule has 0 aliphatic carbocycles. The van der Waals surface area contributed by atoms with Crippen LogP contribution in [-0.4, -0.2) is 37.7 Å². The lowest BCUT2D eigenvalue weighted by atomic mass is 10.1. The van der Waals surface area contributed by atoms with Crippen molar-refractivity contribution in [2.75, 3.05) is 19.6 Å². The van der Waals surface area contributed by atoms with Gasteiger partial charge in [-0.3, -0.25) is 4.79 Å². The third kappa shape index (κ3) is 4.15. The number of amides is 3. The van der Waals surface area contributed by atoms with Crippen LogP contribution in [0.15, 0.2) is 24.3 Å².